The zero-order chi connectivity index (χ0) is 21.8. The summed E-state index contributed by atoms with van der Waals surface area (Å²) in [5.41, 5.74) is 2.98. The fourth-order valence-corrected chi connectivity index (χ4v) is 3.54. The van der Waals surface area contributed by atoms with E-state index in [4.69, 9.17) is 21.1 Å². The summed E-state index contributed by atoms with van der Waals surface area (Å²) >= 11 is 6.23. The largest absolute Gasteiger partial charge is 0.493 e. The molecule has 1 aliphatic heterocycles. The summed E-state index contributed by atoms with van der Waals surface area (Å²) in [6.07, 6.45) is 0. The smallest absolute Gasteiger partial charge is 0.273 e. The van der Waals surface area contributed by atoms with E-state index in [0.717, 1.165) is 16.0 Å². The SMILES string of the molecule is Cc1cc(C)cc(OCCN2C(=O)C(Cl)=C(c3ccc(OCC(C)C)cc3)C2=O)c1. The number of aryl methyl sites for hydroxylation is 2. The van der Waals surface area contributed by atoms with Crippen molar-refractivity contribution in [3.63, 3.8) is 0 Å². The Morgan fingerprint density at radius 1 is 0.900 bits per heavy atom. The molecule has 3 rings (SSSR count). The zero-order valence-electron chi connectivity index (χ0n) is 17.7. The predicted octanol–water partition coefficient (Wildman–Crippen LogP) is 4.74. The molecule has 6 heteroatoms. The lowest BCUT2D eigenvalue weighted by Gasteiger charge is -2.16. The van der Waals surface area contributed by atoms with Gasteiger partial charge in [-0.25, -0.2) is 0 Å². The lowest BCUT2D eigenvalue weighted by atomic mass is 10.1. The van der Waals surface area contributed by atoms with Gasteiger partial charge < -0.3 is 9.47 Å². The molecule has 0 spiro atoms. The third-order valence-electron chi connectivity index (χ3n) is 4.62. The van der Waals surface area contributed by atoms with Crippen molar-refractivity contribution >= 4 is 29.0 Å². The summed E-state index contributed by atoms with van der Waals surface area (Å²) in [5, 5.41) is -0.0674. The predicted molar refractivity (Wildman–Crippen MR) is 118 cm³/mol. The standard InChI is InChI=1S/C24H26ClNO4/c1-15(2)14-30-19-7-5-18(6-8-19)21-22(25)24(28)26(23(21)27)9-10-29-20-12-16(3)11-17(4)13-20/h5-8,11-13,15H,9-10,14H2,1-4H3. The van der Waals surface area contributed by atoms with Crippen LogP contribution in [0.25, 0.3) is 5.57 Å². The van der Waals surface area contributed by atoms with Crippen LogP contribution in [0.15, 0.2) is 47.5 Å². The normalized spacial score (nSPS) is 14.1. The van der Waals surface area contributed by atoms with Gasteiger partial charge in [-0.15, -0.1) is 0 Å². The van der Waals surface area contributed by atoms with E-state index in [9.17, 15) is 9.59 Å². The number of hydrogen-bond acceptors (Lipinski definition) is 4. The van der Waals surface area contributed by atoms with E-state index in [1.54, 1.807) is 24.3 Å². The molecule has 0 bridgehead atoms. The van der Waals surface area contributed by atoms with Gasteiger partial charge in [-0.3, -0.25) is 14.5 Å². The Bertz CT molecular complexity index is 959. The number of halogens is 1. The number of amides is 2. The minimum Gasteiger partial charge on any atom is -0.493 e. The number of nitrogens with zero attached hydrogens (tertiary/aromatic N) is 1. The summed E-state index contributed by atoms with van der Waals surface area (Å²) in [6, 6.07) is 12.9. The van der Waals surface area contributed by atoms with Crippen molar-refractivity contribution in [1.82, 2.24) is 4.90 Å². The van der Waals surface area contributed by atoms with Crippen molar-refractivity contribution in [1.29, 1.82) is 0 Å². The molecule has 0 aliphatic carbocycles. The minimum atomic E-state index is -0.499. The van der Waals surface area contributed by atoms with Crippen LogP contribution in [0.2, 0.25) is 0 Å². The van der Waals surface area contributed by atoms with E-state index in [1.807, 2.05) is 26.0 Å². The van der Waals surface area contributed by atoms with Crippen LogP contribution in [0, 0.1) is 19.8 Å². The van der Waals surface area contributed by atoms with Crippen LogP contribution in [-0.4, -0.2) is 36.5 Å². The van der Waals surface area contributed by atoms with Crippen LogP contribution in [0.3, 0.4) is 0 Å². The third kappa shape index (κ3) is 5.03. The molecule has 2 amide bonds. The molecule has 158 valence electrons. The maximum Gasteiger partial charge on any atom is 0.273 e. The van der Waals surface area contributed by atoms with E-state index in [2.05, 4.69) is 19.9 Å². The molecule has 2 aromatic carbocycles. The first-order chi connectivity index (χ1) is 14.3. The Hall–Kier alpha value is -2.79. The van der Waals surface area contributed by atoms with Gasteiger partial charge in [0.2, 0.25) is 0 Å². The average Bonchev–Trinajstić information content (AvgIpc) is 2.89. The molecule has 1 aliphatic rings. The second kappa shape index (κ2) is 9.35. The molecule has 30 heavy (non-hydrogen) atoms. The second-order valence-electron chi connectivity index (χ2n) is 7.85. The molecule has 0 saturated carbocycles. The quantitative estimate of drug-likeness (QED) is 0.571. The van der Waals surface area contributed by atoms with Crippen molar-refractivity contribution in [2.75, 3.05) is 19.8 Å². The maximum absolute atomic E-state index is 12.9. The molecular weight excluding hydrogens is 402 g/mol. The van der Waals surface area contributed by atoms with Gasteiger partial charge in [0.1, 0.15) is 23.1 Å². The zero-order valence-corrected chi connectivity index (χ0v) is 18.5. The Morgan fingerprint density at radius 2 is 1.53 bits per heavy atom. The Balaban J connectivity index is 1.65. The first-order valence-corrected chi connectivity index (χ1v) is 10.3. The number of carbonyl (C=O) groups is 2. The average molecular weight is 428 g/mol. The van der Waals surface area contributed by atoms with Gasteiger partial charge in [-0.1, -0.05) is 43.6 Å². The molecule has 0 saturated heterocycles. The van der Waals surface area contributed by atoms with E-state index in [-0.39, 0.29) is 23.8 Å². The monoisotopic (exact) mass is 427 g/mol. The van der Waals surface area contributed by atoms with E-state index in [0.29, 0.717) is 29.6 Å². The van der Waals surface area contributed by atoms with Gasteiger partial charge in [0.25, 0.3) is 11.8 Å². The van der Waals surface area contributed by atoms with Gasteiger partial charge in [-0.05, 0) is 60.7 Å². The Morgan fingerprint density at radius 3 is 2.13 bits per heavy atom. The number of benzene rings is 2. The summed E-state index contributed by atoms with van der Waals surface area (Å²) in [6.45, 7) is 9.04. The summed E-state index contributed by atoms with van der Waals surface area (Å²) in [4.78, 5) is 26.5. The molecule has 0 fully saturated rings. The Labute approximate surface area is 182 Å². The van der Waals surface area contributed by atoms with Crippen molar-refractivity contribution in [2.24, 2.45) is 5.92 Å². The van der Waals surface area contributed by atoms with Gasteiger partial charge in [0.15, 0.2) is 0 Å². The fraction of sp³-hybridized carbons (Fsp3) is 0.333. The summed E-state index contributed by atoms with van der Waals surface area (Å²) < 4.78 is 11.4. The highest BCUT2D eigenvalue weighted by Crippen LogP contribution is 2.32. The molecule has 2 aromatic rings. The van der Waals surface area contributed by atoms with Crippen LogP contribution in [0.1, 0.15) is 30.5 Å². The van der Waals surface area contributed by atoms with Crippen LogP contribution >= 0.6 is 11.6 Å². The van der Waals surface area contributed by atoms with Crippen LogP contribution in [-0.2, 0) is 9.59 Å². The number of ether oxygens (including phenoxy) is 2. The van der Waals surface area contributed by atoms with Gasteiger partial charge >= 0.3 is 0 Å². The number of carbonyl (C=O) groups excluding carboxylic acids is 2. The summed E-state index contributed by atoms with van der Waals surface area (Å²) in [5.74, 6) is 0.920. The van der Waals surface area contributed by atoms with Crippen LogP contribution in [0.5, 0.6) is 11.5 Å². The molecule has 1 heterocycles. The molecule has 0 unspecified atom stereocenters. The fourth-order valence-electron chi connectivity index (χ4n) is 3.25. The topological polar surface area (TPSA) is 55.8 Å². The van der Waals surface area contributed by atoms with Crippen molar-refractivity contribution in [3.8, 4) is 11.5 Å². The molecule has 0 aromatic heterocycles. The highest BCUT2D eigenvalue weighted by atomic mass is 35.5. The van der Waals surface area contributed by atoms with Crippen LogP contribution in [0.4, 0.5) is 0 Å². The number of rotatable bonds is 8. The van der Waals surface area contributed by atoms with Gasteiger partial charge in [0.05, 0.1) is 18.7 Å². The first-order valence-electron chi connectivity index (χ1n) is 9.96. The van der Waals surface area contributed by atoms with Crippen molar-refractivity contribution in [2.45, 2.75) is 27.7 Å². The molecule has 5 nitrogen and oxygen atoms in total. The number of imide groups is 1. The highest BCUT2D eigenvalue weighted by Gasteiger charge is 2.37. The van der Waals surface area contributed by atoms with Crippen molar-refractivity contribution in [3.05, 3.63) is 64.2 Å². The molecular formula is C24H26ClNO4. The third-order valence-corrected chi connectivity index (χ3v) is 4.97. The van der Waals surface area contributed by atoms with Gasteiger partial charge in [-0.2, -0.15) is 0 Å². The lowest BCUT2D eigenvalue weighted by Crippen LogP contribution is -2.35. The first kappa shape index (κ1) is 21.9. The van der Waals surface area contributed by atoms with Crippen LogP contribution < -0.4 is 9.47 Å². The number of hydrogen-bond donors (Lipinski definition) is 0. The van der Waals surface area contributed by atoms with Gasteiger partial charge in [0, 0.05) is 0 Å². The van der Waals surface area contributed by atoms with E-state index < -0.39 is 11.8 Å². The Kier molecular flexibility index (Phi) is 6.83. The second-order valence-corrected chi connectivity index (χ2v) is 8.23. The maximum atomic E-state index is 12.9. The lowest BCUT2D eigenvalue weighted by molar-refractivity contribution is -0.137. The highest BCUT2D eigenvalue weighted by molar-refractivity contribution is 6.55. The van der Waals surface area contributed by atoms with E-state index >= 15 is 0 Å². The summed E-state index contributed by atoms with van der Waals surface area (Å²) in [7, 11) is 0. The minimum absolute atomic E-state index is 0.0674. The molecule has 0 radical (unpaired) electrons. The molecule has 0 atom stereocenters. The van der Waals surface area contributed by atoms with Crippen molar-refractivity contribution < 1.29 is 19.1 Å². The van der Waals surface area contributed by atoms with E-state index in [1.165, 1.54) is 0 Å². The molecule has 0 N–H and O–H groups in total.